The first-order chi connectivity index (χ1) is 14.5. The Bertz CT molecular complexity index is 911. The molecule has 1 aliphatic rings. The summed E-state index contributed by atoms with van der Waals surface area (Å²) in [5.74, 6) is -1.22. The second kappa shape index (κ2) is 9.91. The summed E-state index contributed by atoms with van der Waals surface area (Å²) in [6.07, 6.45) is 1.17. The Morgan fingerprint density at radius 2 is 1.97 bits per heavy atom. The maximum absolute atomic E-state index is 12.1. The fourth-order valence-corrected chi connectivity index (χ4v) is 3.04. The third-order valence-electron chi connectivity index (χ3n) is 4.78. The second-order valence-electron chi connectivity index (χ2n) is 7.16. The Labute approximate surface area is 175 Å². The molecule has 1 aliphatic heterocycles. The van der Waals surface area contributed by atoms with Crippen molar-refractivity contribution in [1.82, 2.24) is 0 Å². The quantitative estimate of drug-likeness (QED) is 0.470. The molecule has 7 nitrogen and oxygen atoms in total. The lowest BCUT2D eigenvalue weighted by molar-refractivity contribution is -0.171. The Kier molecular flexibility index (Phi) is 7.06. The van der Waals surface area contributed by atoms with Crippen LogP contribution in [-0.4, -0.2) is 35.0 Å². The largest absolute Gasteiger partial charge is 0.489 e. The van der Waals surface area contributed by atoms with E-state index in [9.17, 15) is 14.7 Å². The zero-order valence-corrected chi connectivity index (χ0v) is 16.9. The van der Waals surface area contributed by atoms with Gasteiger partial charge in [0.2, 0.25) is 5.60 Å². The van der Waals surface area contributed by atoms with E-state index in [0.29, 0.717) is 23.6 Å². The summed E-state index contributed by atoms with van der Waals surface area (Å²) in [5, 5.41) is 13.6. The molecule has 0 bridgehead atoms. The molecular formula is C23H25NO6. The van der Waals surface area contributed by atoms with E-state index in [1.165, 1.54) is 0 Å². The number of oxime groups is 1. The highest BCUT2D eigenvalue weighted by Gasteiger charge is 2.49. The van der Waals surface area contributed by atoms with Crippen LogP contribution in [-0.2, 0) is 25.8 Å². The Morgan fingerprint density at radius 1 is 1.17 bits per heavy atom. The van der Waals surface area contributed by atoms with E-state index in [1.807, 2.05) is 43.3 Å². The van der Waals surface area contributed by atoms with E-state index in [2.05, 4.69) is 5.16 Å². The van der Waals surface area contributed by atoms with Crippen LogP contribution >= 0.6 is 0 Å². The number of ether oxygens (including phenoxy) is 2. The Morgan fingerprint density at radius 3 is 2.70 bits per heavy atom. The van der Waals surface area contributed by atoms with Gasteiger partial charge < -0.3 is 19.4 Å². The van der Waals surface area contributed by atoms with Crippen LogP contribution in [0.3, 0.4) is 0 Å². The van der Waals surface area contributed by atoms with Crippen molar-refractivity contribution in [2.24, 2.45) is 5.16 Å². The number of hydrogen-bond donors (Lipinski definition) is 1. The SMILES string of the molecule is CCCCOC(=O)CC1(C(=O)O)CC(c2cccc(OCc3ccccc3)c2)=NO1. The van der Waals surface area contributed by atoms with Crippen LogP contribution in [0.5, 0.6) is 5.75 Å². The molecule has 0 aliphatic carbocycles. The average Bonchev–Trinajstić information content (AvgIpc) is 3.19. The normalized spacial score (nSPS) is 17.7. The molecule has 158 valence electrons. The van der Waals surface area contributed by atoms with Gasteiger partial charge in [0.15, 0.2) is 0 Å². The smallest absolute Gasteiger partial charge is 0.351 e. The van der Waals surface area contributed by atoms with Crippen molar-refractivity contribution >= 4 is 17.7 Å². The first-order valence-corrected chi connectivity index (χ1v) is 9.93. The molecule has 0 amide bonds. The van der Waals surface area contributed by atoms with Gasteiger partial charge in [-0.05, 0) is 24.1 Å². The first-order valence-electron chi connectivity index (χ1n) is 9.93. The van der Waals surface area contributed by atoms with Crippen molar-refractivity contribution < 1.29 is 29.0 Å². The number of nitrogens with zero attached hydrogens (tertiary/aromatic N) is 1. The van der Waals surface area contributed by atoms with E-state index in [4.69, 9.17) is 14.3 Å². The predicted molar refractivity (Wildman–Crippen MR) is 110 cm³/mol. The highest BCUT2D eigenvalue weighted by atomic mass is 16.7. The molecule has 1 atom stereocenters. The van der Waals surface area contributed by atoms with Crippen LogP contribution in [0, 0.1) is 0 Å². The van der Waals surface area contributed by atoms with E-state index in [1.54, 1.807) is 18.2 Å². The van der Waals surface area contributed by atoms with Gasteiger partial charge in [-0.3, -0.25) is 4.79 Å². The molecule has 2 aromatic carbocycles. The van der Waals surface area contributed by atoms with Crippen molar-refractivity contribution in [1.29, 1.82) is 0 Å². The predicted octanol–water partition coefficient (Wildman–Crippen LogP) is 3.95. The lowest BCUT2D eigenvalue weighted by Crippen LogP contribution is -2.41. The molecule has 1 N–H and O–H groups in total. The second-order valence-corrected chi connectivity index (χ2v) is 7.16. The number of hydrogen-bond acceptors (Lipinski definition) is 6. The zero-order valence-electron chi connectivity index (χ0n) is 16.9. The van der Waals surface area contributed by atoms with Crippen LogP contribution < -0.4 is 4.74 Å². The fraction of sp³-hybridized carbons (Fsp3) is 0.348. The maximum Gasteiger partial charge on any atom is 0.351 e. The minimum Gasteiger partial charge on any atom is -0.489 e. The average molecular weight is 411 g/mol. The summed E-state index contributed by atoms with van der Waals surface area (Å²) in [6, 6.07) is 17.0. The van der Waals surface area contributed by atoms with Crippen molar-refractivity contribution in [3.63, 3.8) is 0 Å². The number of benzene rings is 2. The maximum atomic E-state index is 12.1. The van der Waals surface area contributed by atoms with Gasteiger partial charge >= 0.3 is 11.9 Å². The molecule has 0 aromatic heterocycles. The number of carbonyl (C=O) groups excluding carboxylic acids is 1. The van der Waals surface area contributed by atoms with Crippen LogP contribution in [0.15, 0.2) is 59.8 Å². The van der Waals surface area contributed by atoms with Gasteiger partial charge in [0, 0.05) is 12.0 Å². The number of carbonyl (C=O) groups is 2. The molecule has 7 heteroatoms. The van der Waals surface area contributed by atoms with Crippen LogP contribution in [0.4, 0.5) is 0 Å². The van der Waals surface area contributed by atoms with Crippen molar-refractivity contribution in [2.45, 2.75) is 44.8 Å². The molecule has 2 aromatic rings. The molecule has 0 radical (unpaired) electrons. The van der Waals surface area contributed by atoms with Gasteiger partial charge in [-0.1, -0.05) is 61.0 Å². The van der Waals surface area contributed by atoms with Gasteiger partial charge in [-0.15, -0.1) is 0 Å². The van der Waals surface area contributed by atoms with Gasteiger partial charge in [-0.25, -0.2) is 4.79 Å². The summed E-state index contributed by atoms with van der Waals surface area (Å²) < 4.78 is 10.9. The molecule has 0 saturated heterocycles. The van der Waals surface area contributed by atoms with E-state index >= 15 is 0 Å². The lowest BCUT2D eigenvalue weighted by Gasteiger charge is -2.20. The van der Waals surface area contributed by atoms with Gasteiger partial charge in [0.1, 0.15) is 12.4 Å². The molecule has 0 fully saturated rings. The molecule has 0 saturated carbocycles. The third-order valence-corrected chi connectivity index (χ3v) is 4.78. The first kappa shape index (κ1) is 21.4. The van der Waals surface area contributed by atoms with E-state index < -0.39 is 24.0 Å². The lowest BCUT2D eigenvalue weighted by atomic mass is 9.91. The fourth-order valence-electron chi connectivity index (χ4n) is 3.04. The monoisotopic (exact) mass is 411 g/mol. The molecule has 0 spiro atoms. The van der Waals surface area contributed by atoms with Crippen LogP contribution in [0.25, 0.3) is 0 Å². The number of unbranched alkanes of at least 4 members (excludes halogenated alkanes) is 1. The summed E-state index contributed by atoms with van der Waals surface area (Å²) in [5.41, 5.74) is 0.419. The summed E-state index contributed by atoms with van der Waals surface area (Å²) in [7, 11) is 0. The number of esters is 1. The number of rotatable bonds is 10. The van der Waals surface area contributed by atoms with E-state index in [-0.39, 0.29) is 13.0 Å². The van der Waals surface area contributed by atoms with Crippen LogP contribution in [0.1, 0.15) is 43.7 Å². The number of aliphatic carboxylic acids is 1. The molecule has 3 rings (SSSR count). The minimum absolute atomic E-state index is 0.0344. The molecular weight excluding hydrogens is 386 g/mol. The van der Waals surface area contributed by atoms with Gasteiger partial charge in [-0.2, -0.15) is 0 Å². The van der Waals surface area contributed by atoms with E-state index in [0.717, 1.165) is 18.4 Å². The summed E-state index contributed by atoms with van der Waals surface area (Å²) in [4.78, 5) is 29.2. The van der Waals surface area contributed by atoms with Crippen molar-refractivity contribution in [2.75, 3.05) is 6.61 Å². The topological polar surface area (TPSA) is 94.4 Å². The number of carboxylic acids is 1. The standard InChI is InChI=1S/C23H25NO6/c1-2-3-12-28-21(25)15-23(22(26)27)14-20(24-30-23)18-10-7-11-19(13-18)29-16-17-8-5-4-6-9-17/h4-11,13H,2-3,12,14-16H2,1H3,(H,26,27). The molecule has 1 heterocycles. The Balaban J connectivity index is 1.65. The van der Waals surface area contributed by atoms with Crippen molar-refractivity contribution in [3.05, 3.63) is 65.7 Å². The third kappa shape index (κ3) is 5.37. The highest BCUT2D eigenvalue weighted by molar-refractivity contribution is 6.05. The molecule has 30 heavy (non-hydrogen) atoms. The highest BCUT2D eigenvalue weighted by Crippen LogP contribution is 2.32. The summed E-state index contributed by atoms with van der Waals surface area (Å²) >= 11 is 0. The van der Waals surface area contributed by atoms with Gasteiger partial charge in [0.25, 0.3) is 0 Å². The van der Waals surface area contributed by atoms with Crippen LogP contribution in [0.2, 0.25) is 0 Å². The van der Waals surface area contributed by atoms with Crippen molar-refractivity contribution in [3.8, 4) is 5.75 Å². The summed E-state index contributed by atoms with van der Waals surface area (Å²) in [6.45, 7) is 2.65. The Hall–Kier alpha value is -3.35. The number of carboxylic acid groups (broad SMARTS) is 1. The minimum atomic E-state index is -1.75. The van der Waals surface area contributed by atoms with Gasteiger partial charge in [0.05, 0.1) is 18.7 Å². The zero-order chi connectivity index (χ0) is 21.4. The molecule has 1 unspecified atom stereocenters.